The van der Waals surface area contributed by atoms with Gasteiger partial charge in [-0.3, -0.25) is 4.79 Å². The van der Waals surface area contributed by atoms with Gasteiger partial charge in [-0.25, -0.2) is 4.79 Å². The average Bonchev–Trinajstić information content (AvgIpc) is 2.66. The van der Waals surface area contributed by atoms with Gasteiger partial charge < -0.3 is 25.3 Å². The van der Waals surface area contributed by atoms with Crippen LogP contribution in [0, 0.1) is 0 Å². The summed E-state index contributed by atoms with van der Waals surface area (Å²) in [5, 5.41) is 2.63. The molecule has 3 N–H and O–H groups in total. The smallest absolute Gasteiger partial charge is 0.338 e. The summed E-state index contributed by atoms with van der Waals surface area (Å²) in [4.78, 5) is 23.8. The van der Waals surface area contributed by atoms with Gasteiger partial charge in [0.25, 0.3) is 5.91 Å². The van der Waals surface area contributed by atoms with Crippen molar-refractivity contribution in [3.63, 3.8) is 0 Å². The molecule has 0 bridgehead atoms. The van der Waals surface area contributed by atoms with E-state index >= 15 is 0 Å². The lowest BCUT2D eigenvalue weighted by Gasteiger charge is -2.11. The van der Waals surface area contributed by atoms with Crippen molar-refractivity contribution in [3.05, 3.63) is 59.7 Å². The van der Waals surface area contributed by atoms with E-state index in [-0.39, 0.29) is 24.9 Å². The third-order valence-electron chi connectivity index (χ3n) is 3.45. The van der Waals surface area contributed by atoms with Crippen molar-refractivity contribution in [2.75, 3.05) is 32.6 Å². The number of hydrogen-bond acceptors (Lipinski definition) is 6. The van der Waals surface area contributed by atoms with Gasteiger partial charge in [-0.05, 0) is 23.8 Å². The number of nitrogens with one attached hydrogen (secondary N) is 1. The number of rotatable bonds is 9. The van der Waals surface area contributed by atoms with E-state index in [9.17, 15) is 9.59 Å². The van der Waals surface area contributed by atoms with Crippen molar-refractivity contribution in [3.8, 4) is 5.75 Å². The quantitative estimate of drug-likeness (QED) is 0.403. The Morgan fingerprint density at radius 3 is 2.62 bits per heavy atom. The summed E-state index contributed by atoms with van der Waals surface area (Å²) in [5.41, 5.74) is 7.35. The normalized spacial score (nSPS) is 10.2. The molecule has 0 aliphatic rings. The molecule has 0 aliphatic heterocycles. The maximum atomic E-state index is 12.2. The van der Waals surface area contributed by atoms with Crippen LogP contribution in [0.1, 0.15) is 15.9 Å². The number of benzene rings is 2. The summed E-state index contributed by atoms with van der Waals surface area (Å²) in [6.45, 7) is 0.759. The van der Waals surface area contributed by atoms with Crippen LogP contribution in [0.3, 0.4) is 0 Å². The van der Waals surface area contributed by atoms with Gasteiger partial charge in [0.1, 0.15) is 12.4 Å². The van der Waals surface area contributed by atoms with Gasteiger partial charge in [0.05, 0.1) is 17.9 Å². The van der Waals surface area contributed by atoms with Crippen molar-refractivity contribution < 1.29 is 23.8 Å². The largest absolute Gasteiger partial charge is 0.482 e. The summed E-state index contributed by atoms with van der Waals surface area (Å²) in [6.07, 6.45) is 0. The zero-order chi connectivity index (χ0) is 18.8. The fourth-order valence-electron chi connectivity index (χ4n) is 2.08. The van der Waals surface area contributed by atoms with Crippen molar-refractivity contribution in [2.24, 2.45) is 0 Å². The highest BCUT2D eigenvalue weighted by Crippen LogP contribution is 2.23. The predicted octanol–water partition coefficient (Wildman–Crippen LogP) is 1.77. The van der Waals surface area contributed by atoms with Gasteiger partial charge in [0.2, 0.25) is 0 Å². The first kappa shape index (κ1) is 19.3. The molecule has 0 heterocycles. The first-order valence-corrected chi connectivity index (χ1v) is 8.09. The van der Waals surface area contributed by atoms with E-state index in [0.29, 0.717) is 24.4 Å². The molecule has 0 aromatic heterocycles. The van der Waals surface area contributed by atoms with Crippen LogP contribution in [-0.2, 0) is 20.9 Å². The van der Waals surface area contributed by atoms with E-state index in [4.69, 9.17) is 19.9 Å². The van der Waals surface area contributed by atoms with Crippen LogP contribution in [0.15, 0.2) is 48.5 Å². The van der Waals surface area contributed by atoms with Crippen LogP contribution < -0.4 is 15.8 Å². The summed E-state index contributed by atoms with van der Waals surface area (Å²) >= 11 is 0. The van der Waals surface area contributed by atoms with Crippen LogP contribution in [0.25, 0.3) is 0 Å². The molecule has 0 spiro atoms. The third-order valence-corrected chi connectivity index (χ3v) is 3.45. The molecule has 2 aromatic carbocycles. The molecule has 0 aliphatic carbocycles. The first-order valence-electron chi connectivity index (χ1n) is 8.09. The third kappa shape index (κ3) is 6.10. The zero-order valence-electron chi connectivity index (χ0n) is 14.6. The van der Waals surface area contributed by atoms with E-state index in [0.717, 1.165) is 5.56 Å². The Labute approximate surface area is 152 Å². The zero-order valence-corrected chi connectivity index (χ0v) is 14.6. The number of ether oxygens (including phenoxy) is 3. The average molecular weight is 358 g/mol. The number of carbonyl (C=O) groups excluding carboxylic acids is 2. The minimum atomic E-state index is -0.497. The van der Waals surface area contributed by atoms with E-state index in [1.165, 1.54) is 12.1 Å². The van der Waals surface area contributed by atoms with Crippen molar-refractivity contribution in [1.29, 1.82) is 0 Å². The molecule has 1 amide bonds. The molecule has 0 unspecified atom stereocenters. The lowest BCUT2D eigenvalue weighted by molar-refractivity contribution is -0.123. The Balaban J connectivity index is 1.91. The second kappa shape index (κ2) is 10.0. The molecule has 0 atom stereocenters. The van der Waals surface area contributed by atoms with Crippen molar-refractivity contribution >= 4 is 17.6 Å². The molecule has 138 valence electrons. The van der Waals surface area contributed by atoms with Crippen molar-refractivity contribution in [1.82, 2.24) is 5.32 Å². The molecule has 0 fully saturated rings. The molecule has 0 radical (unpaired) electrons. The molecule has 2 aromatic rings. The number of esters is 1. The predicted molar refractivity (Wildman–Crippen MR) is 96.8 cm³/mol. The maximum absolute atomic E-state index is 12.2. The van der Waals surface area contributed by atoms with Crippen LogP contribution >= 0.6 is 0 Å². The molecule has 0 saturated heterocycles. The molecule has 2 rings (SSSR count). The molecule has 0 saturated carbocycles. The summed E-state index contributed by atoms with van der Waals surface area (Å²) in [6, 6.07) is 13.9. The minimum absolute atomic E-state index is 0.169. The van der Waals surface area contributed by atoms with Crippen molar-refractivity contribution in [2.45, 2.75) is 6.61 Å². The van der Waals surface area contributed by atoms with E-state index in [1.54, 1.807) is 13.2 Å². The highest BCUT2D eigenvalue weighted by molar-refractivity contribution is 5.90. The van der Waals surface area contributed by atoms with Gasteiger partial charge >= 0.3 is 5.97 Å². The fraction of sp³-hybridized carbons (Fsp3) is 0.263. The highest BCUT2D eigenvalue weighted by atomic mass is 16.5. The van der Waals surface area contributed by atoms with Crippen LogP contribution in [-0.4, -0.2) is 38.7 Å². The number of methoxy groups -OCH3 is 1. The number of amides is 1. The molecular weight excluding hydrogens is 336 g/mol. The van der Waals surface area contributed by atoms with Crippen LogP contribution in [0.2, 0.25) is 0 Å². The Morgan fingerprint density at radius 2 is 1.88 bits per heavy atom. The molecule has 26 heavy (non-hydrogen) atoms. The Kier molecular flexibility index (Phi) is 7.45. The molecule has 7 heteroatoms. The van der Waals surface area contributed by atoms with Gasteiger partial charge in [0.15, 0.2) is 6.61 Å². The number of nitrogens with two attached hydrogens (primary N) is 1. The SMILES string of the molecule is COCCNC(=O)COc1cc(C(=O)OCc2ccccc2)ccc1N. The Bertz CT molecular complexity index is 734. The fourth-order valence-corrected chi connectivity index (χ4v) is 2.08. The van der Waals surface area contributed by atoms with Crippen LogP contribution in [0.4, 0.5) is 5.69 Å². The van der Waals surface area contributed by atoms with Crippen LogP contribution in [0.5, 0.6) is 5.75 Å². The van der Waals surface area contributed by atoms with E-state index in [1.807, 2.05) is 30.3 Å². The Hall–Kier alpha value is -3.06. The minimum Gasteiger partial charge on any atom is -0.482 e. The van der Waals surface area contributed by atoms with E-state index < -0.39 is 5.97 Å². The summed E-state index contributed by atoms with van der Waals surface area (Å²) < 4.78 is 15.5. The number of nitrogen functional groups attached to an aromatic ring is 1. The van der Waals surface area contributed by atoms with Gasteiger partial charge in [-0.2, -0.15) is 0 Å². The highest BCUT2D eigenvalue weighted by Gasteiger charge is 2.12. The first-order chi connectivity index (χ1) is 12.6. The number of carbonyl (C=O) groups is 2. The second-order valence-corrected chi connectivity index (χ2v) is 5.45. The second-order valence-electron chi connectivity index (χ2n) is 5.45. The number of anilines is 1. The lowest BCUT2D eigenvalue weighted by atomic mass is 10.2. The summed E-state index contributed by atoms with van der Waals surface area (Å²) in [5.74, 6) is -0.553. The Morgan fingerprint density at radius 1 is 1.12 bits per heavy atom. The molecule has 7 nitrogen and oxygen atoms in total. The topological polar surface area (TPSA) is 99.9 Å². The summed E-state index contributed by atoms with van der Waals surface area (Å²) in [7, 11) is 1.55. The monoisotopic (exact) mass is 358 g/mol. The van der Waals surface area contributed by atoms with E-state index in [2.05, 4.69) is 5.32 Å². The molecular formula is C19H22N2O5. The van der Waals surface area contributed by atoms with Gasteiger partial charge in [-0.1, -0.05) is 30.3 Å². The maximum Gasteiger partial charge on any atom is 0.338 e. The standard InChI is InChI=1S/C19H22N2O5/c1-24-10-9-21-18(22)13-25-17-11-15(7-8-16(17)20)19(23)26-12-14-5-3-2-4-6-14/h2-8,11H,9-10,12-13,20H2,1H3,(H,21,22). The van der Waals surface area contributed by atoms with Gasteiger partial charge in [0, 0.05) is 13.7 Å². The van der Waals surface area contributed by atoms with Gasteiger partial charge in [-0.15, -0.1) is 0 Å². The lowest BCUT2D eigenvalue weighted by Crippen LogP contribution is -2.31. The number of hydrogen-bond donors (Lipinski definition) is 2.